The minimum atomic E-state index is -0.914. The highest BCUT2D eigenvalue weighted by Crippen LogP contribution is 2.31. The minimum Gasteiger partial charge on any atom is -0.480 e. The molecule has 84 valence electrons. The zero-order valence-corrected chi connectivity index (χ0v) is 9.01. The van der Waals surface area contributed by atoms with Gasteiger partial charge in [0, 0.05) is 12.1 Å². The molecule has 0 spiro atoms. The number of benzene rings is 1. The third-order valence-electron chi connectivity index (χ3n) is 2.87. The molecule has 4 heteroatoms. The van der Waals surface area contributed by atoms with Crippen molar-refractivity contribution in [3.63, 3.8) is 0 Å². The van der Waals surface area contributed by atoms with E-state index in [1.165, 1.54) is 6.92 Å². The molecule has 0 fully saturated rings. The fourth-order valence-corrected chi connectivity index (χ4v) is 2.15. The van der Waals surface area contributed by atoms with Gasteiger partial charge in [-0.1, -0.05) is 18.2 Å². The van der Waals surface area contributed by atoms with Crippen molar-refractivity contribution in [3.05, 3.63) is 29.8 Å². The lowest BCUT2D eigenvalue weighted by Crippen LogP contribution is -2.40. The molecule has 1 aromatic carbocycles. The number of fused-ring (bicyclic) bond motifs is 1. The Hall–Kier alpha value is -1.84. The average molecular weight is 219 g/mol. The predicted octanol–water partition coefficient (Wildman–Crippen LogP) is 1.09. The van der Waals surface area contributed by atoms with E-state index in [0.717, 1.165) is 11.3 Å². The van der Waals surface area contributed by atoms with Crippen molar-refractivity contribution in [3.8, 4) is 0 Å². The maximum atomic E-state index is 11.5. The van der Waals surface area contributed by atoms with Crippen LogP contribution in [0.3, 0.4) is 0 Å². The Balaban J connectivity index is 2.35. The second kappa shape index (κ2) is 3.96. The van der Waals surface area contributed by atoms with Crippen LogP contribution in [0.5, 0.6) is 0 Å². The largest absolute Gasteiger partial charge is 0.480 e. The molecule has 1 unspecified atom stereocenters. The van der Waals surface area contributed by atoms with E-state index in [0.29, 0.717) is 6.42 Å². The number of carbonyl (C=O) groups is 2. The molecule has 0 radical (unpaired) electrons. The summed E-state index contributed by atoms with van der Waals surface area (Å²) >= 11 is 0. The number of carbonyl (C=O) groups excluding carboxylic acids is 1. The van der Waals surface area contributed by atoms with E-state index in [9.17, 15) is 9.59 Å². The average Bonchev–Trinajstić information content (AvgIpc) is 2.57. The number of hydrogen-bond donors (Lipinski definition) is 1. The number of ketones is 1. The first-order valence-electron chi connectivity index (χ1n) is 5.16. The van der Waals surface area contributed by atoms with Crippen molar-refractivity contribution in [1.29, 1.82) is 0 Å². The molecular weight excluding hydrogens is 206 g/mol. The predicted molar refractivity (Wildman–Crippen MR) is 59.6 cm³/mol. The van der Waals surface area contributed by atoms with E-state index in [-0.39, 0.29) is 18.4 Å². The second-order valence-corrected chi connectivity index (χ2v) is 3.98. The molecule has 0 amide bonds. The van der Waals surface area contributed by atoms with Crippen molar-refractivity contribution in [2.45, 2.75) is 19.4 Å². The fourth-order valence-electron chi connectivity index (χ4n) is 2.15. The van der Waals surface area contributed by atoms with Gasteiger partial charge >= 0.3 is 5.97 Å². The fraction of sp³-hybridized carbons (Fsp3) is 0.333. The highest BCUT2D eigenvalue weighted by Gasteiger charge is 2.32. The number of nitrogens with zero attached hydrogens (tertiary/aromatic N) is 1. The molecule has 1 aromatic rings. The smallest absolute Gasteiger partial charge is 0.323 e. The van der Waals surface area contributed by atoms with Gasteiger partial charge in [0.2, 0.25) is 0 Å². The van der Waals surface area contributed by atoms with Gasteiger partial charge in [-0.3, -0.25) is 9.59 Å². The summed E-state index contributed by atoms with van der Waals surface area (Å²) in [5.74, 6) is -0.902. The maximum absolute atomic E-state index is 11.5. The number of para-hydroxylation sites is 1. The summed E-state index contributed by atoms with van der Waals surface area (Å²) in [6, 6.07) is 7.23. The summed E-state index contributed by atoms with van der Waals surface area (Å²) in [5.41, 5.74) is 1.91. The van der Waals surface area contributed by atoms with Gasteiger partial charge in [0.15, 0.2) is 5.78 Å². The molecule has 1 aliphatic rings. The third kappa shape index (κ3) is 1.78. The highest BCUT2D eigenvalue weighted by molar-refractivity contribution is 5.90. The number of Topliss-reactive ketones (excluding diaryl/α,β-unsaturated/α-hetero) is 1. The molecule has 0 aliphatic carbocycles. The quantitative estimate of drug-likeness (QED) is 0.826. The van der Waals surface area contributed by atoms with E-state index < -0.39 is 5.97 Å². The Kier molecular flexibility index (Phi) is 2.64. The zero-order valence-electron chi connectivity index (χ0n) is 9.01. The van der Waals surface area contributed by atoms with Gasteiger partial charge < -0.3 is 10.0 Å². The van der Waals surface area contributed by atoms with Crippen LogP contribution >= 0.6 is 0 Å². The lowest BCUT2D eigenvalue weighted by molar-refractivity contribution is -0.135. The Morgan fingerprint density at radius 1 is 1.44 bits per heavy atom. The van der Waals surface area contributed by atoms with Crippen LogP contribution in [0.15, 0.2) is 24.3 Å². The molecule has 0 bridgehead atoms. The highest BCUT2D eigenvalue weighted by atomic mass is 16.4. The maximum Gasteiger partial charge on any atom is 0.323 e. The minimum absolute atomic E-state index is 0.0115. The molecule has 1 heterocycles. The first-order valence-corrected chi connectivity index (χ1v) is 5.16. The molecule has 0 saturated carbocycles. The van der Waals surface area contributed by atoms with E-state index in [1.54, 1.807) is 4.90 Å². The number of carboxylic acid groups (broad SMARTS) is 1. The number of hydrogen-bond acceptors (Lipinski definition) is 3. The lowest BCUT2D eigenvalue weighted by Gasteiger charge is -2.23. The van der Waals surface area contributed by atoms with Crippen LogP contribution in [0.1, 0.15) is 12.5 Å². The molecule has 4 nitrogen and oxygen atoms in total. The first-order chi connectivity index (χ1) is 7.59. The standard InChI is InChI=1S/C12H13NO3/c1-8(14)11-6-9-4-2-3-5-10(9)13(11)7-12(15)16/h2-5,11H,6-7H2,1H3,(H,15,16). The molecule has 1 aliphatic heterocycles. The van der Waals surface area contributed by atoms with E-state index in [4.69, 9.17) is 5.11 Å². The molecule has 1 N–H and O–H groups in total. The Labute approximate surface area is 93.5 Å². The Morgan fingerprint density at radius 3 is 2.75 bits per heavy atom. The van der Waals surface area contributed by atoms with Crippen LogP contribution in [0.2, 0.25) is 0 Å². The summed E-state index contributed by atoms with van der Waals surface area (Å²) in [6.45, 7) is 1.38. The zero-order chi connectivity index (χ0) is 11.7. The van der Waals surface area contributed by atoms with Crippen LogP contribution in [0.4, 0.5) is 5.69 Å². The van der Waals surface area contributed by atoms with Crippen LogP contribution in [0.25, 0.3) is 0 Å². The number of rotatable bonds is 3. The van der Waals surface area contributed by atoms with Crippen LogP contribution in [-0.2, 0) is 16.0 Å². The summed E-state index contributed by atoms with van der Waals surface area (Å²) in [5, 5.41) is 8.85. The summed E-state index contributed by atoms with van der Waals surface area (Å²) in [6.07, 6.45) is 0.610. The topological polar surface area (TPSA) is 57.6 Å². The van der Waals surface area contributed by atoms with E-state index in [2.05, 4.69) is 0 Å². The van der Waals surface area contributed by atoms with Crippen LogP contribution < -0.4 is 4.90 Å². The number of aliphatic carboxylic acids is 1. The molecule has 16 heavy (non-hydrogen) atoms. The normalized spacial score (nSPS) is 18.3. The SMILES string of the molecule is CC(=O)C1Cc2ccccc2N1CC(=O)O. The van der Waals surface area contributed by atoms with E-state index in [1.807, 2.05) is 24.3 Å². The Bertz CT molecular complexity index is 442. The van der Waals surface area contributed by atoms with Gasteiger partial charge in [0.05, 0.1) is 6.04 Å². The molecular formula is C12H13NO3. The molecule has 1 atom stereocenters. The second-order valence-electron chi connectivity index (χ2n) is 3.98. The third-order valence-corrected chi connectivity index (χ3v) is 2.87. The molecule has 0 aromatic heterocycles. The Morgan fingerprint density at radius 2 is 2.12 bits per heavy atom. The molecule has 2 rings (SSSR count). The summed E-state index contributed by atoms with van der Waals surface area (Å²) < 4.78 is 0. The van der Waals surface area contributed by atoms with Crippen molar-refractivity contribution in [2.75, 3.05) is 11.4 Å². The number of carboxylic acids is 1. The van der Waals surface area contributed by atoms with Gasteiger partial charge in [0.25, 0.3) is 0 Å². The van der Waals surface area contributed by atoms with Crippen molar-refractivity contribution >= 4 is 17.4 Å². The van der Waals surface area contributed by atoms with Crippen molar-refractivity contribution < 1.29 is 14.7 Å². The van der Waals surface area contributed by atoms with Gasteiger partial charge in [-0.15, -0.1) is 0 Å². The van der Waals surface area contributed by atoms with Gasteiger partial charge in [-0.2, -0.15) is 0 Å². The first kappa shape index (κ1) is 10.7. The van der Waals surface area contributed by atoms with Gasteiger partial charge in [0.1, 0.15) is 6.54 Å². The van der Waals surface area contributed by atoms with Crippen molar-refractivity contribution in [2.24, 2.45) is 0 Å². The van der Waals surface area contributed by atoms with Crippen molar-refractivity contribution in [1.82, 2.24) is 0 Å². The van der Waals surface area contributed by atoms with Crippen LogP contribution in [0, 0.1) is 0 Å². The van der Waals surface area contributed by atoms with Gasteiger partial charge in [-0.25, -0.2) is 0 Å². The monoisotopic (exact) mass is 219 g/mol. The molecule has 0 saturated heterocycles. The van der Waals surface area contributed by atoms with Crippen LogP contribution in [-0.4, -0.2) is 29.4 Å². The van der Waals surface area contributed by atoms with E-state index >= 15 is 0 Å². The summed E-state index contributed by atoms with van der Waals surface area (Å²) in [4.78, 5) is 23.9. The van der Waals surface area contributed by atoms with Gasteiger partial charge in [-0.05, 0) is 18.6 Å². The lowest BCUT2D eigenvalue weighted by atomic mass is 10.1. The number of anilines is 1. The summed E-state index contributed by atoms with van der Waals surface area (Å²) in [7, 11) is 0.